The van der Waals surface area contributed by atoms with Gasteiger partial charge in [0.05, 0.1) is 18.7 Å². The molecular formula is C25H47N3O9. The maximum Gasteiger partial charge on any atom is 0.408 e. The Kier molecular flexibility index (Phi) is 18.0. The third-order valence-corrected chi connectivity index (χ3v) is 4.13. The van der Waals surface area contributed by atoms with Crippen molar-refractivity contribution >= 4 is 30.3 Å². The minimum Gasteiger partial charge on any atom is -0.465 e. The van der Waals surface area contributed by atoms with Gasteiger partial charge in [0, 0.05) is 0 Å². The molecule has 0 fully saturated rings. The molecule has 3 amide bonds. The maximum absolute atomic E-state index is 11.9. The highest BCUT2D eigenvalue weighted by molar-refractivity contribution is 5.85. The zero-order valence-electron chi connectivity index (χ0n) is 23.8. The molecule has 12 nitrogen and oxygen atoms in total. The molecule has 0 radical (unpaired) electrons. The van der Waals surface area contributed by atoms with Gasteiger partial charge in [0.15, 0.2) is 6.10 Å². The van der Waals surface area contributed by atoms with Crippen LogP contribution in [0.3, 0.4) is 0 Å². The van der Waals surface area contributed by atoms with Gasteiger partial charge in [-0.15, -0.1) is 0 Å². The second-order valence-corrected chi connectivity index (χ2v) is 10.2. The molecule has 0 saturated carbocycles. The average Bonchev–Trinajstić information content (AvgIpc) is 2.74. The quantitative estimate of drug-likeness (QED) is 0.167. The summed E-state index contributed by atoms with van der Waals surface area (Å²) in [4.78, 5) is 56.6. The van der Waals surface area contributed by atoms with Crippen LogP contribution in [0.1, 0.15) is 88.0 Å². The van der Waals surface area contributed by atoms with Crippen molar-refractivity contribution in [3.8, 4) is 0 Å². The number of esters is 1. The zero-order chi connectivity index (χ0) is 29.2. The number of nitrogens with one attached hydrogen (secondary N) is 3. The van der Waals surface area contributed by atoms with Crippen molar-refractivity contribution in [3.05, 3.63) is 0 Å². The van der Waals surface area contributed by atoms with Crippen LogP contribution in [-0.2, 0) is 28.6 Å². The first kappa shape index (κ1) is 36.3. The summed E-state index contributed by atoms with van der Waals surface area (Å²) < 4.78 is 14.8. The highest BCUT2D eigenvalue weighted by Crippen LogP contribution is 2.09. The summed E-state index contributed by atoms with van der Waals surface area (Å²) in [6, 6.07) is -1.24. The van der Waals surface area contributed by atoms with E-state index in [0.29, 0.717) is 19.3 Å². The third kappa shape index (κ3) is 20.9. The van der Waals surface area contributed by atoms with Gasteiger partial charge in [-0.2, -0.15) is 0 Å². The van der Waals surface area contributed by atoms with E-state index in [2.05, 4.69) is 20.7 Å². The number of ether oxygens (including phenoxy) is 3. The number of hydrogen-bond acceptors (Lipinski definition) is 9. The lowest BCUT2D eigenvalue weighted by Crippen LogP contribution is -2.52. The van der Waals surface area contributed by atoms with Crippen LogP contribution in [0.2, 0.25) is 0 Å². The molecule has 0 aromatic carbocycles. The Hall–Kier alpha value is -2.89. The number of hydrogen-bond donors (Lipinski definition) is 4. The molecule has 3 unspecified atom stereocenters. The highest BCUT2D eigenvalue weighted by atomic mass is 16.6. The molecule has 12 heteroatoms. The van der Waals surface area contributed by atoms with Gasteiger partial charge in [-0.05, 0) is 61.3 Å². The molecule has 0 rings (SSSR count). The molecule has 0 aliphatic rings. The van der Waals surface area contributed by atoms with Crippen molar-refractivity contribution in [1.29, 1.82) is 0 Å². The van der Waals surface area contributed by atoms with Crippen LogP contribution >= 0.6 is 0 Å². The molecule has 0 bridgehead atoms. The van der Waals surface area contributed by atoms with E-state index in [4.69, 9.17) is 9.47 Å². The summed E-state index contributed by atoms with van der Waals surface area (Å²) in [6.07, 6.45) is 0.499. The van der Waals surface area contributed by atoms with Gasteiger partial charge in [-0.25, -0.2) is 9.59 Å². The lowest BCUT2D eigenvalue weighted by Gasteiger charge is -2.26. The molecule has 0 aromatic rings. The average molecular weight is 534 g/mol. The summed E-state index contributed by atoms with van der Waals surface area (Å²) in [5, 5.41) is 17.3. The monoisotopic (exact) mass is 533 g/mol. The number of carbonyl (C=O) groups excluding carboxylic acids is 5. The zero-order valence-corrected chi connectivity index (χ0v) is 23.8. The molecule has 0 aliphatic carbocycles. The molecule has 0 saturated heterocycles. The Morgan fingerprint density at radius 1 is 0.838 bits per heavy atom. The van der Waals surface area contributed by atoms with E-state index < -0.39 is 53.5 Å². The molecule has 0 aromatic heterocycles. The first-order valence-electron chi connectivity index (χ1n) is 12.5. The first-order valence-corrected chi connectivity index (χ1v) is 12.5. The number of rotatable bonds is 12. The number of alkyl carbamates (subject to hydrolysis) is 2. The summed E-state index contributed by atoms with van der Waals surface area (Å²) >= 11 is 0. The Bertz CT molecular complexity index is 715. The second-order valence-electron chi connectivity index (χ2n) is 10.2. The fraction of sp³-hybridized carbons (Fsp3) is 0.800. The van der Waals surface area contributed by atoms with Crippen LogP contribution in [0.15, 0.2) is 0 Å². The minimum absolute atomic E-state index is 0.204. The maximum atomic E-state index is 11.9. The lowest BCUT2D eigenvalue weighted by molar-refractivity contribution is -0.144. The van der Waals surface area contributed by atoms with Crippen molar-refractivity contribution in [2.45, 2.75) is 117 Å². The fourth-order valence-corrected chi connectivity index (χ4v) is 2.68. The van der Waals surface area contributed by atoms with Crippen molar-refractivity contribution in [2.75, 3.05) is 13.2 Å². The van der Waals surface area contributed by atoms with E-state index in [1.54, 1.807) is 48.5 Å². The van der Waals surface area contributed by atoms with Crippen molar-refractivity contribution < 1.29 is 43.3 Å². The van der Waals surface area contributed by atoms with Gasteiger partial charge in [-0.3, -0.25) is 9.59 Å². The number of aliphatic hydroxyl groups is 1. The van der Waals surface area contributed by atoms with E-state index in [9.17, 15) is 29.1 Å². The normalized spacial score (nSPS) is 13.5. The molecule has 0 heterocycles. The minimum atomic E-state index is -1.49. The Morgan fingerprint density at radius 2 is 1.32 bits per heavy atom. The van der Waals surface area contributed by atoms with Crippen LogP contribution in [0.4, 0.5) is 9.59 Å². The van der Waals surface area contributed by atoms with Gasteiger partial charge in [0.25, 0.3) is 5.91 Å². The molecule has 0 aliphatic heterocycles. The summed E-state index contributed by atoms with van der Waals surface area (Å²) in [7, 11) is 0. The van der Waals surface area contributed by atoms with Crippen molar-refractivity contribution in [2.24, 2.45) is 0 Å². The molecule has 3 atom stereocenters. The Morgan fingerprint density at radius 3 is 1.73 bits per heavy atom. The molecule has 0 spiro atoms. The van der Waals surface area contributed by atoms with E-state index in [-0.39, 0.29) is 13.2 Å². The van der Waals surface area contributed by atoms with Gasteiger partial charge in [0.2, 0.25) is 0 Å². The predicted molar refractivity (Wildman–Crippen MR) is 138 cm³/mol. The molecule has 4 N–H and O–H groups in total. The van der Waals surface area contributed by atoms with E-state index in [1.807, 2.05) is 13.8 Å². The van der Waals surface area contributed by atoms with Crippen LogP contribution < -0.4 is 16.0 Å². The Labute approximate surface area is 220 Å². The lowest BCUT2D eigenvalue weighted by atomic mass is 10.1. The largest absolute Gasteiger partial charge is 0.465 e. The van der Waals surface area contributed by atoms with Gasteiger partial charge >= 0.3 is 18.2 Å². The third-order valence-electron chi connectivity index (χ3n) is 4.13. The standard InChI is InChI=1S/C15H28N2O6.C10H19NO3/c1-6-8-10(17-14(21)23-15(3,4)5)12(19)13(20)16-9-11(18)22-7-2;1-5-6-8(7-12)11-9(13)14-10(2,3)4/h10,12,19H,6-9H2,1-5H3,(H,16,20)(H,17,21);7-8H,5-6H2,1-4H3,(H,11,13). The van der Waals surface area contributed by atoms with Crippen molar-refractivity contribution in [1.82, 2.24) is 16.0 Å². The van der Waals surface area contributed by atoms with Crippen LogP contribution in [0, 0.1) is 0 Å². The number of aliphatic hydroxyl groups excluding tert-OH is 1. The predicted octanol–water partition coefficient (Wildman–Crippen LogP) is 2.60. The summed E-state index contributed by atoms with van der Waals surface area (Å²) in [6.45, 7) is 15.8. The molecular weight excluding hydrogens is 486 g/mol. The molecule has 37 heavy (non-hydrogen) atoms. The first-order chi connectivity index (χ1) is 17.0. The number of amides is 3. The van der Waals surface area contributed by atoms with Gasteiger partial charge < -0.3 is 40.1 Å². The SMILES string of the molecule is CCCC(C=O)NC(=O)OC(C)(C)C.CCCC(NC(=O)OC(C)(C)C)C(O)C(=O)NCC(=O)OCC. The second kappa shape index (κ2) is 18.4. The molecule has 216 valence electrons. The van der Waals surface area contributed by atoms with Crippen LogP contribution in [-0.4, -0.2) is 78.0 Å². The van der Waals surface area contributed by atoms with Crippen LogP contribution in [0.5, 0.6) is 0 Å². The number of carbonyl (C=O) groups is 5. The van der Waals surface area contributed by atoms with Crippen LogP contribution in [0.25, 0.3) is 0 Å². The van der Waals surface area contributed by atoms with E-state index in [1.165, 1.54) is 0 Å². The summed E-state index contributed by atoms with van der Waals surface area (Å²) in [5.41, 5.74) is -1.21. The fourth-order valence-electron chi connectivity index (χ4n) is 2.68. The highest BCUT2D eigenvalue weighted by Gasteiger charge is 2.29. The van der Waals surface area contributed by atoms with Gasteiger partial charge in [-0.1, -0.05) is 26.7 Å². The van der Waals surface area contributed by atoms with E-state index in [0.717, 1.165) is 12.7 Å². The topological polar surface area (TPSA) is 169 Å². The summed E-state index contributed by atoms with van der Waals surface area (Å²) in [5.74, 6) is -1.35. The smallest absolute Gasteiger partial charge is 0.408 e. The number of aldehydes is 1. The van der Waals surface area contributed by atoms with Crippen molar-refractivity contribution in [3.63, 3.8) is 0 Å². The van der Waals surface area contributed by atoms with E-state index >= 15 is 0 Å². The van der Waals surface area contributed by atoms with Gasteiger partial charge in [0.1, 0.15) is 24.0 Å². The Balaban J connectivity index is 0.